The molecule has 100 valence electrons. The van der Waals surface area contributed by atoms with Crippen LogP contribution in [0.3, 0.4) is 0 Å². The van der Waals surface area contributed by atoms with Crippen LogP contribution in [0.4, 0.5) is 5.69 Å². The molecule has 6 heteroatoms. The van der Waals surface area contributed by atoms with Crippen LogP contribution in [-0.4, -0.2) is 16.4 Å². The Morgan fingerprint density at radius 2 is 2.21 bits per heavy atom. The minimum atomic E-state index is -0.938. The molecule has 1 aromatic carbocycles. The van der Waals surface area contributed by atoms with E-state index in [0.29, 0.717) is 17.5 Å². The van der Waals surface area contributed by atoms with Crippen molar-refractivity contribution < 1.29 is 9.72 Å². The van der Waals surface area contributed by atoms with Crippen molar-refractivity contribution in [3.05, 3.63) is 39.4 Å². The fourth-order valence-electron chi connectivity index (χ4n) is 1.52. The summed E-state index contributed by atoms with van der Waals surface area (Å²) in [7, 11) is 0. The Kier molecular flexibility index (Phi) is 4.22. The van der Waals surface area contributed by atoms with Gasteiger partial charge in [-0.15, -0.1) is 0 Å². The van der Waals surface area contributed by atoms with Gasteiger partial charge in [-0.1, -0.05) is 6.92 Å². The number of nitrogens with one attached hydrogen (secondary N) is 1. The Morgan fingerprint density at radius 1 is 1.58 bits per heavy atom. The number of nitriles is 1. The zero-order valence-corrected chi connectivity index (χ0v) is 11.1. The largest absolute Gasteiger partial charge is 0.334 e. The van der Waals surface area contributed by atoms with Crippen LogP contribution in [0.1, 0.15) is 36.2 Å². The number of benzene rings is 1. The van der Waals surface area contributed by atoms with Gasteiger partial charge in [-0.25, -0.2) is 0 Å². The lowest BCUT2D eigenvalue weighted by Crippen LogP contribution is -2.44. The van der Waals surface area contributed by atoms with Crippen molar-refractivity contribution in [1.82, 2.24) is 5.32 Å². The van der Waals surface area contributed by atoms with Gasteiger partial charge in [0, 0.05) is 17.2 Å². The molecule has 0 saturated carbocycles. The molecule has 6 nitrogen and oxygen atoms in total. The second-order valence-electron chi connectivity index (χ2n) is 4.51. The van der Waals surface area contributed by atoms with E-state index in [1.54, 1.807) is 20.8 Å². The SMILES string of the molecule is CCC(C)(C#N)NC(=O)c1ccc([N+](=O)[O-])c(C)c1. The van der Waals surface area contributed by atoms with Crippen molar-refractivity contribution in [2.24, 2.45) is 0 Å². The molecule has 0 aliphatic carbocycles. The van der Waals surface area contributed by atoms with Gasteiger partial charge >= 0.3 is 0 Å². The van der Waals surface area contributed by atoms with Crippen molar-refractivity contribution in [2.45, 2.75) is 32.7 Å². The van der Waals surface area contributed by atoms with Crippen LogP contribution in [0.5, 0.6) is 0 Å². The molecule has 0 aliphatic rings. The van der Waals surface area contributed by atoms with E-state index in [-0.39, 0.29) is 5.69 Å². The summed E-state index contributed by atoms with van der Waals surface area (Å²) in [5.74, 6) is -0.413. The van der Waals surface area contributed by atoms with Gasteiger partial charge in [-0.2, -0.15) is 5.26 Å². The molecule has 19 heavy (non-hydrogen) atoms. The maximum atomic E-state index is 12.0. The summed E-state index contributed by atoms with van der Waals surface area (Å²) in [4.78, 5) is 22.2. The third kappa shape index (κ3) is 3.28. The zero-order valence-electron chi connectivity index (χ0n) is 11.1. The number of nitro benzene ring substituents is 1. The summed E-state index contributed by atoms with van der Waals surface area (Å²) >= 11 is 0. The van der Waals surface area contributed by atoms with Gasteiger partial charge < -0.3 is 5.32 Å². The summed E-state index contributed by atoms with van der Waals surface area (Å²) in [5.41, 5.74) is -0.256. The van der Waals surface area contributed by atoms with Crippen molar-refractivity contribution in [1.29, 1.82) is 5.26 Å². The number of rotatable bonds is 4. The first kappa shape index (κ1) is 14.6. The Hall–Kier alpha value is -2.42. The quantitative estimate of drug-likeness (QED) is 0.664. The summed E-state index contributed by atoms with van der Waals surface area (Å²) < 4.78 is 0. The molecule has 1 aromatic rings. The molecule has 0 aromatic heterocycles. The smallest absolute Gasteiger partial charge is 0.272 e. The van der Waals surface area contributed by atoms with Crippen LogP contribution in [0.2, 0.25) is 0 Å². The molecule has 0 bridgehead atoms. The lowest BCUT2D eigenvalue weighted by atomic mass is 10.00. The summed E-state index contributed by atoms with van der Waals surface area (Å²) in [6.07, 6.45) is 0.473. The second kappa shape index (κ2) is 5.48. The summed E-state index contributed by atoms with van der Waals surface area (Å²) in [6, 6.07) is 6.15. The molecular formula is C13H15N3O3. The van der Waals surface area contributed by atoms with Crippen LogP contribution in [0.15, 0.2) is 18.2 Å². The van der Waals surface area contributed by atoms with Gasteiger partial charge in [0.05, 0.1) is 11.0 Å². The van der Waals surface area contributed by atoms with Crippen LogP contribution in [-0.2, 0) is 0 Å². The fraction of sp³-hybridized carbons (Fsp3) is 0.385. The van der Waals surface area contributed by atoms with Gasteiger partial charge in [0.15, 0.2) is 0 Å². The molecule has 1 unspecified atom stereocenters. The Balaban J connectivity index is 3.00. The highest BCUT2D eigenvalue weighted by Gasteiger charge is 2.24. The molecule has 1 atom stereocenters. The lowest BCUT2D eigenvalue weighted by Gasteiger charge is -2.21. The zero-order chi connectivity index (χ0) is 14.6. The number of carbonyl (C=O) groups is 1. The number of carbonyl (C=O) groups excluding carboxylic acids is 1. The maximum Gasteiger partial charge on any atom is 0.272 e. The average Bonchev–Trinajstić information content (AvgIpc) is 2.37. The molecule has 1 amide bonds. The Bertz CT molecular complexity index is 563. The first-order valence-corrected chi connectivity index (χ1v) is 5.82. The molecule has 1 rings (SSSR count). The number of hydrogen-bond acceptors (Lipinski definition) is 4. The van der Waals surface area contributed by atoms with E-state index in [0.717, 1.165) is 0 Å². The van der Waals surface area contributed by atoms with Gasteiger partial charge in [0.25, 0.3) is 11.6 Å². The lowest BCUT2D eigenvalue weighted by molar-refractivity contribution is -0.385. The van der Waals surface area contributed by atoms with Crippen molar-refractivity contribution in [3.8, 4) is 6.07 Å². The van der Waals surface area contributed by atoms with Gasteiger partial charge in [-0.3, -0.25) is 14.9 Å². The highest BCUT2D eigenvalue weighted by molar-refractivity contribution is 5.95. The second-order valence-corrected chi connectivity index (χ2v) is 4.51. The van der Waals surface area contributed by atoms with Crippen LogP contribution in [0, 0.1) is 28.4 Å². The average molecular weight is 261 g/mol. The van der Waals surface area contributed by atoms with Crippen LogP contribution in [0.25, 0.3) is 0 Å². The van der Waals surface area contributed by atoms with Gasteiger partial charge in [0.1, 0.15) is 5.54 Å². The molecule has 0 radical (unpaired) electrons. The van der Waals surface area contributed by atoms with Gasteiger partial charge in [-0.05, 0) is 32.4 Å². The molecule has 0 fully saturated rings. The normalized spacial score (nSPS) is 13.2. The number of nitro groups is 1. The first-order chi connectivity index (χ1) is 8.83. The molecular weight excluding hydrogens is 246 g/mol. The highest BCUT2D eigenvalue weighted by atomic mass is 16.6. The predicted octanol–water partition coefficient (Wildman–Crippen LogP) is 2.33. The molecule has 0 aliphatic heterocycles. The van der Waals surface area contributed by atoms with Crippen molar-refractivity contribution in [3.63, 3.8) is 0 Å². The molecule has 0 heterocycles. The van der Waals surface area contributed by atoms with E-state index in [4.69, 9.17) is 5.26 Å². The fourth-order valence-corrected chi connectivity index (χ4v) is 1.52. The first-order valence-electron chi connectivity index (χ1n) is 5.82. The van der Waals surface area contributed by atoms with Gasteiger partial charge in [0.2, 0.25) is 0 Å². The van der Waals surface area contributed by atoms with E-state index in [1.165, 1.54) is 18.2 Å². The Labute approximate surface area is 111 Å². The third-order valence-electron chi connectivity index (χ3n) is 3.00. The third-order valence-corrected chi connectivity index (χ3v) is 3.00. The molecule has 1 N–H and O–H groups in total. The topological polar surface area (TPSA) is 96.0 Å². The summed E-state index contributed by atoms with van der Waals surface area (Å²) in [6.45, 7) is 4.99. The van der Waals surface area contributed by atoms with E-state index in [2.05, 4.69) is 5.32 Å². The van der Waals surface area contributed by atoms with Crippen molar-refractivity contribution in [2.75, 3.05) is 0 Å². The van der Waals surface area contributed by atoms with E-state index >= 15 is 0 Å². The molecule has 0 spiro atoms. The number of aryl methyl sites for hydroxylation is 1. The standard InChI is InChI=1S/C13H15N3O3/c1-4-13(3,8-14)15-12(17)10-5-6-11(16(18)19)9(2)7-10/h5-7H,4H2,1-3H3,(H,15,17). The number of amides is 1. The summed E-state index contributed by atoms with van der Waals surface area (Å²) in [5, 5.41) is 22.3. The molecule has 0 saturated heterocycles. The highest BCUT2D eigenvalue weighted by Crippen LogP contribution is 2.19. The van der Waals surface area contributed by atoms with E-state index in [1.807, 2.05) is 6.07 Å². The predicted molar refractivity (Wildman–Crippen MR) is 69.6 cm³/mol. The van der Waals surface area contributed by atoms with Crippen LogP contribution < -0.4 is 5.32 Å². The minimum Gasteiger partial charge on any atom is -0.334 e. The maximum absolute atomic E-state index is 12.0. The van der Waals surface area contributed by atoms with E-state index in [9.17, 15) is 14.9 Å². The van der Waals surface area contributed by atoms with Crippen molar-refractivity contribution >= 4 is 11.6 Å². The Morgan fingerprint density at radius 3 is 2.63 bits per heavy atom. The monoisotopic (exact) mass is 261 g/mol. The van der Waals surface area contributed by atoms with Crippen LogP contribution >= 0.6 is 0 Å². The van der Waals surface area contributed by atoms with E-state index < -0.39 is 16.4 Å². The number of nitrogens with zero attached hydrogens (tertiary/aromatic N) is 2. The number of hydrogen-bond donors (Lipinski definition) is 1. The minimum absolute atomic E-state index is 0.0323.